The number of nitrogens with zero attached hydrogens (tertiary/aromatic N) is 6. The van der Waals surface area contributed by atoms with E-state index in [1.165, 1.54) is 5.69 Å². The molecule has 0 radical (unpaired) electrons. The first kappa shape index (κ1) is 18.0. The van der Waals surface area contributed by atoms with Crippen LogP contribution in [0, 0.1) is 0 Å². The molecule has 0 N–H and O–H groups in total. The normalized spacial score (nSPS) is 14.9. The first-order valence-corrected chi connectivity index (χ1v) is 9.83. The lowest BCUT2D eigenvalue weighted by atomic mass is 10.2. The van der Waals surface area contributed by atoms with Crippen molar-refractivity contribution in [1.82, 2.24) is 25.1 Å². The summed E-state index contributed by atoms with van der Waals surface area (Å²) < 4.78 is 2.75. The molecule has 0 spiro atoms. The summed E-state index contributed by atoms with van der Waals surface area (Å²) in [5, 5.41) is 12.8. The van der Waals surface area contributed by atoms with Crippen LogP contribution in [-0.2, 0) is 0 Å². The Morgan fingerprint density at radius 2 is 1.74 bits per heavy atom. The molecule has 0 bridgehead atoms. The Bertz CT molecular complexity index is 931. The maximum atomic E-state index is 6.10. The van der Waals surface area contributed by atoms with E-state index in [1.54, 1.807) is 4.68 Å². The quantitative estimate of drug-likeness (QED) is 0.610. The van der Waals surface area contributed by atoms with Gasteiger partial charge in [-0.25, -0.2) is 0 Å². The average molecular weight is 446 g/mol. The zero-order chi connectivity index (χ0) is 18.6. The summed E-state index contributed by atoms with van der Waals surface area (Å²) in [5.74, 6) is 0.703. The molecule has 8 heteroatoms. The number of aromatic nitrogens is 4. The second kappa shape index (κ2) is 8.10. The fraction of sp³-hybridized carbons (Fsp3) is 0.211. The Hall–Kier alpha value is -2.38. The number of benzene rings is 2. The summed E-state index contributed by atoms with van der Waals surface area (Å²) in [7, 11) is 0. The molecule has 138 valence electrons. The molecule has 0 aliphatic carbocycles. The standard InChI is InChI=1S/C19H18BrClN6/c20-15-4-6-17(7-5-15)27-19(22-23-24-27)8-9-25-10-12-26(13-11-25)18-3-1-2-16(21)14-18/h1-9,14H,10-13H2. The van der Waals surface area contributed by atoms with E-state index < -0.39 is 0 Å². The van der Waals surface area contributed by atoms with Crippen molar-refractivity contribution in [3.8, 4) is 5.69 Å². The predicted molar refractivity (Wildman–Crippen MR) is 111 cm³/mol. The monoisotopic (exact) mass is 444 g/mol. The molecule has 27 heavy (non-hydrogen) atoms. The summed E-state index contributed by atoms with van der Waals surface area (Å²) in [6.07, 6.45) is 4.02. The fourth-order valence-electron chi connectivity index (χ4n) is 3.04. The molecule has 1 fully saturated rings. The lowest BCUT2D eigenvalue weighted by Crippen LogP contribution is -2.44. The largest absolute Gasteiger partial charge is 0.374 e. The van der Waals surface area contributed by atoms with E-state index in [-0.39, 0.29) is 0 Å². The summed E-state index contributed by atoms with van der Waals surface area (Å²) >= 11 is 9.54. The third kappa shape index (κ3) is 4.31. The summed E-state index contributed by atoms with van der Waals surface area (Å²) in [4.78, 5) is 4.63. The SMILES string of the molecule is Clc1cccc(N2CCN(C=Cc3nnnn3-c3ccc(Br)cc3)CC2)c1. The molecular weight excluding hydrogens is 428 g/mol. The van der Waals surface area contributed by atoms with Gasteiger partial charge in [-0.2, -0.15) is 4.68 Å². The first-order chi connectivity index (χ1) is 13.2. The van der Waals surface area contributed by atoms with Crippen molar-refractivity contribution in [2.45, 2.75) is 0 Å². The molecular formula is C19H18BrClN6. The molecule has 0 unspecified atom stereocenters. The van der Waals surface area contributed by atoms with Gasteiger partial charge in [0, 0.05) is 53.6 Å². The lowest BCUT2D eigenvalue weighted by molar-refractivity contribution is 0.351. The molecule has 6 nitrogen and oxygen atoms in total. The van der Waals surface area contributed by atoms with Crippen molar-refractivity contribution >= 4 is 39.3 Å². The minimum absolute atomic E-state index is 0.703. The van der Waals surface area contributed by atoms with Crippen molar-refractivity contribution in [2.75, 3.05) is 31.1 Å². The highest BCUT2D eigenvalue weighted by atomic mass is 79.9. The second-order valence-corrected chi connectivity index (χ2v) is 7.60. The van der Waals surface area contributed by atoms with Crippen LogP contribution in [0.3, 0.4) is 0 Å². The van der Waals surface area contributed by atoms with Crippen molar-refractivity contribution in [1.29, 1.82) is 0 Å². The molecule has 4 rings (SSSR count). The van der Waals surface area contributed by atoms with Gasteiger partial charge in [0.05, 0.1) is 5.69 Å². The minimum Gasteiger partial charge on any atom is -0.374 e. The molecule has 1 saturated heterocycles. The molecule has 1 aliphatic rings. The highest BCUT2D eigenvalue weighted by Gasteiger charge is 2.15. The van der Waals surface area contributed by atoms with Crippen LogP contribution in [0.5, 0.6) is 0 Å². The van der Waals surface area contributed by atoms with E-state index in [2.05, 4.69) is 53.5 Å². The number of hydrogen-bond donors (Lipinski definition) is 0. The number of piperazine rings is 1. The molecule has 1 aliphatic heterocycles. The molecule has 2 heterocycles. The number of hydrogen-bond acceptors (Lipinski definition) is 5. The van der Waals surface area contributed by atoms with Crippen LogP contribution in [-0.4, -0.2) is 51.3 Å². The molecule has 0 atom stereocenters. The van der Waals surface area contributed by atoms with Gasteiger partial charge >= 0.3 is 0 Å². The second-order valence-electron chi connectivity index (χ2n) is 6.24. The molecule has 0 amide bonds. The van der Waals surface area contributed by atoms with Crippen LogP contribution in [0.2, 0.25) is 5.02 Å². The topological polar surface area (TPSA) is 50.1 Å². The van der Waals surface area contributed by atoms with Gasteiger partial charge in [0.25, 0.3) is 0 Å². The van der Waals surface area contributed by atoms with Crippen LogP contribution in [0.4, 0.5) is 5.69 Å². The Kier molecular flexibility index (Phi) is 5.40. The van der Waals surface area contributed by atoms with E-state index in [0.29, 0.717) is 5.82 Å². The highest BCUT2D eigenvalue weighted by molar-refractivity contribution is 9.10. The van der Waals surface area contributed by atoms with Gasteiger partial charge in [-0.05, 0) is 52.9 Å². The third-order valence-corrected chi connectivity index (χ3v) is 5.25. The van der Waals surface area contributed by atoms with Crippen molar-refractivity contribution in [2.24, 2.45) is 0 Å². The minimum atomic E-state index is 0.703. The summed E-state index contributed by atoms with van der Waals surface area (Å²) in [6.45, 7) is 3.76. The van der Waals surface area contributed by atoms with Gasteiger partial charge in [0.2, 0.25) is 0 Å². The van der Waals surface area contributed by atoms with E-state index in [9.17, 15) is 0 Å². The van der Waals surface area contributed by atoms with Gasteiger partial charge in [-0.15, -0.1) is 5.10 Å². The van der Waals surface area contributed by atoms with E-state index >= 15 is 0 Å². The van der Waals surface area contributed by atoms with E-state index in [0.717, 1.165) is 41.4 Å². The van der Waals surface area contributed by atoms with Crippen LogP contribution in [0.1, 0.15) is 5.82 Å². The summed E-state index contributed by atoms with van der Waals surface area (Å²) in [6, 6.07) is 15.9. The maximum absolute atomic E-state index is 6.10. The molecule has 2 aromatic carbocycles. The molecule has 1 aromatic heterocycles. The molecule has 0 saturated carbocycles. The Labute approximate surface area is 171 Å². The van der Waals surface area contributed by atoms with Gasteiger partial charge in [-0.3, -0.25) is 0 Å². The number of tetrazole rings is 1. The zero-order valence-electron chi connectivity index (χ0n) is 14.5. The molecule has 3 aromatic rings. The Morgan fingerprint density at radius 3 is 2.48 bits per heavy atom. The average Bonchev–Trinajstić information content (AvgIpc) is 3.16. The van der Waals surface area contributed by atoms with Crippen molar-refractivity contribution in [3.63, 3.8) is 0 Å². The van der Waals surface area contributed by atoms with Gasteiger partial charge in [0.15, 0.2) is 5.82 Å². The Balaban J connectivity index is 1.40. The number of anilines is 1. The van der Waals surface area contributed by atoms with E-state index in [4.69, 9.17) is 11.6 Å². The van der Waals surface area contributed by atoms with Gasteiger partial charge < -0.3 is 9.80 Å². The fourth-order valence-corrected chi connectivity index (χ4v) is 3.49. The van der Waals surface area contributed by atoms with E-state index in [1.807, 2.05) is 48.5 Å². The van der Waals surface area contributed by atoms with Crippen LogP contribution in [0.25, 0.3) is 11.8 Å². The van der Waals surface area contributed by atoms with Crippen LogP contribution >= 0.6 is 27.5 Å². The Morgan fingerprint density at radius 1 is 0.963 bits per heavy atom. The smallest absolute Gasteiger partial charge is 0.181 e. The maximum Gasteiger partial charge on any atom is 0.181 e. The van der Waals surface area contributed by atoms with Crippen molar-refractivity contribution < 1.29 is 0 Å². The lowest BCUT2D eigenvalue weighted by Gasteiger charge is -2.35. The highest BCUT2D eigenvalue weighted by Crippen LogP contribution is 2.21. The van der Waals surface area contributed by atoms with Crippen LogP contribution < -0.4 is 4.90 Å². The summed E-state index contributed by atoms with van der Waals surface area (Å²) in [5.41, 5.74) is 2.10. The first-order valence-electron chi connectivity index (χ1n) is 8.66. The zero-order valence-corrected chi connectivity index (χ0v) is 16.9. The predicted octanol–water partition coefficient (Wildman–Crippen LogP) is 3.87. The van der Waals surface area contributed by atoms with Crippen molar-refractivity contribution in [3.05, 3.63) is 70.1 Å². The number of halogens is 2. The van der Waals surface area contributed by atoms with Crippen LogP contribution in [0.15, 0.2) is 59.2 Å². The van der Waals surface area contributed by atoms with Gasteiger partial charge in [-0.1, -0.05) is 33.6 Å². The number of rotatable bonds is 4. The van der Waals surface area contributed by atoms with Gasteiger partial charge in [0.1, 0.15) is 0 Å². The third-order valence-electron chi connectivity index (χ3n) is 4.49.